The summed E-state index contributed by atoms with van der Waals surface area (Å²) in [6, 6.07) is 10.3. The summed E-state index contributed by atoms with van der Waals surface area (Å²) in [5.74, 6) is -2.40. The number of esters is 2. The van der Waals surface area contributed by atoms with E-state index >= 15 is 0 Å². The predicted molar refractivity (Wildman–Crippen MR) is 123 cm³/mol. The molecule has 0 unspecified atom stereocenters. The van der Waals surface area contributed by atoms with Crippen LogP contribution in [0.15, 0.2) is 52.4 Å². The van der Waals surface area contributed by atoms with Crippen LogP contribution in [0.1, 0.15) is 17.3 Å². The van der Waals surface area contributed by atoms with Gasteiger partial charge in [0.2, 0.25) is 0 Å². The Labute approximate surface area is 199 Å². The second kappa shape index (κ2) is 10.6. The van der Waals surface area contributed by atoms with Gasteiger partial charge in [0.1, 0.15) is 18.0 Å². The monoisotopic (exact) mass is 506 g/mol. The van der Waals surface area contributed by atoms with Crippen molar-refractivity contribution in [1.82, 2.24) is 4.57 Å². The number of carbonyl (C=O) groups is 3. The number of amides is 1. The second-order valence-electron chi connectivity index (χ2n) is 6.89. The number of sulfone groups is 1. The van der Waals surface area contributed by atoms with E-state index in [2.05, 4.69) is 4.99 Å². The highest BCUT2D eigenvalue weighted by Gasteiger charge is 2.20. The summed E-state index contributed by atoms with van der Waals surface area (Å²) >= 11 is 1.03. The summed E-state index contributed by atoms with van der Waals surface area (Å²) in [5.41, 5.74) is 0.801. The Balaban J connectivity index is 2.00. The van der Waals surface area contributed by atoms with E-state index in [1.165, 1.54) is 49.1 Å². The molecule has 0 saturated carbocycles. The molecule has 3 rings (SSSR count). The average Bonchev–Trinajstić information content (AvgIpc) is 3.13. The van der Waals surface area contributed by atoms with Gasteiger partial charge < -0.3 is 18.8 Å². The molecule has 2 aromatic carbocycles. The van der Waals surface area contributed by atoms with Gasteiger partial charge in [0.05, 0.1) is 41.5 Å². The van der Waals surface area contributed by atoms with Crippen molar-refractivity contribution in [3.05, 3.63) is 52.8 Å². The van der Waals surface area contributed by atoms with Gasteiger partial charge in [0.25, 0.3) is 5.91 Å². The Hall–Kier alpha value is -3.51. The lowest BCUT2D eigenvalue weighted by Gasteiger charge is -2.06. The topological polar surface area (TPSA) is 130 Å². The van der Waals surface area contributed by atoms with Crippen molar-refractivity contribution in [2.24, 2.45) is 4.99 Å². The van der Waals surface area contributed by atoms with Crippen molar-refractivity contribution in [3.8, 4) is 5.75 Å². The molecule has 0 radical (unpaired) electrons. The van der Waals surface area contributed by atoms with Gasteiger partial charge in [-0.15, -0.1) is 0 Å². The number of rotatable bonds is 8. The third-order valence-corrected chi connectivity index (χ3v) is 7.31. The fraction of sp³-hybridized carbons (Fsp3) is 0.273. The van der Waals surface area contributed by atoms with E-state index in [0.29, 0.717) is 16.0 Å². The summed E-state index contributed by atoms with van der Waals surface area (Å²) in [6.45, 7) is 1.58. The van der Waals surface area contributed by atoms with Crippen LogP contribution in [0.25, 0.3) is 10.2 Å². The Kier molecular flexibility index (Phi) is 7.84. The molecule has 34 heavy (non-hydrogen) atoms. The van der Waals surface area contributed by atoms with Gasteiger partial charge in [-0.3, -0.25) is 9.59 Å². The predicted octanol–water partition coefficient (Wildman–Crippen LogP) is 1.96. The molecule has 10 nitrogen and oxygen atoms in total. The molecule has 12 heteroatoms. The minimum absolute atomic E-state index is 0.0460. The van der Waals surface area contributed by atoms with Crippen LogP contribution in [-0.4, -0.2) is 57.4 Å². The summed E-state index contributed by atoms with van der Waals surface area (Å²) in [7, 11) is -1.25. The molecular weight excluding hydrogens is 484 g/mol. The van der Waals surface area contributed by atoms with E-state index in [0.717, 1.165) is 11.3 Å². The number of methoxy groups -OCH3 is 2. The van der Waals surface area contributed by atoms with E-state index in [1.807, 2.05) is 0 Å². The number of fused-ring (bicyclic) bond motifs is 1. The average molecular weight is 507 g/mol. The molecule has 0 spiro atoms. The third kappa shape index (κ3) is 5.69. The molecule has 180 valence electrons. The van der Waals surface area contributed by atoms with Crippen molar-refractivity contribution < 1.29 is 37.0 Å². The molecule has 1 amide bonds. The summed E-state index contributed by atoms with van der Waals surface area (Å²) < 4.78 is 42.0. The first-order chi connectivity index (χ1) is 16.2. The molecule has 0 bridgehead atoms. The lowest BCUT2D eigenvalue weighted by atomic mass is 10.2. The molecule has 0 saturated heterocycles. The zero-order valence-electron chi connectivity index (χ0n) is 18.6. The highest BCUT2D eigenvalue weighted by atomic mass is 32.2. The fourth-order valence-electron chi connectivity index (χ4n) is 3.06. The highest BCUT2D eigenvalue weighted by molar-refractivity contribution is 7.92. The maximum atomic E-state index is 12.7. The molecule has 1 aromatic heterocycles. The minimum atomic E-state index is -3.96. The van der Waals surface area contributed by atoms with Crippen molar-refractivity contribution in [3.63, 3.8) is 0 Å². The Morgan fingerprint density at radius 2 is 1.76 bits per heavy atom. The van der Waals surface area contributed by atoms with Gasteiger partial charge in [0, 0.05) is 0 Å². The van der Waals surface area contributed by atoms with Crippen LogP contribution in [0.2, 0.25) is 0 Å². The van der Waals surface area contributed by atoms with Crippen molar-refractivity contribution in [2.75, 3.05) is 26.6 Å². The molecule has 1 heterocycles. The quantitative estimate of drug-likeness (QED) is 0.424. The van der Waals surface area contributed by atoms with Gasteiger partial charge >= 0.3 is 11.9 Å². The molecule has 0 N–H and O–H groups in total. The smallest absolute Gasteiger partial charge is 0.337 e. The van der Waals surface area contributed by atoms with Crippen LogP contribution in [0.4, 0.5) is 0 Å². The normalized spacial score (nSPS) is 11.9. The van der Waals surface area contributed by atoms with Gasteiger partial charge in [-0.25, -0.2) is 13.2 Å². The van der Waals surface area contributed by atoms with Crippen molar-refractivity contribution in [2.45, 2.75) is 18.4 Å². The number of aromatic nitrogens is 1. The molecule has 0 aliphatic rings. The number of thiazole rings is 1. The SMILES string of the molecule is CCOC(=O)Cn1c(=NC(=O)CS(=O)(=O)c2ccc(OC)cc2)sc2cc(C(=O)OC)ccc21. The number of carbonyl (C=O) groups excluding carboxylic acids is 3. The van der Waals surface area contributed by atoms with E-state index in [1.54, 1.807) is 19.1 Å². The van der Waals surface area contributed by atoms with Crippen LogP contribution < -0.4 is 9.54 Å². The number of benzene rings is 2. The zero-order valence-corrected chi connectivity index (χ0v) is 20.3. The molecule has 3 aromatic rings. The zero-order chi connectivity index (χ0) is 24.9. The minimum Gasteiger partial charge on any atom is -0.497 e. The molecule has 0 fully saturated rings. The summed E-state index contributed by atoms with van der Waals surface area (Å²) in [4.78, 5) is 40.6. The number of hydrogen-bond donors (Lipinski definition) is 0. The standard InChI is InChI=1S/C22H22N2O8S2/c1-4-32-20(26)12-24-17-10-5-14(21(27)31-3)11-18(17)33-22(24)23-19(25)13-34(28,29)16-8-6-15(30-2)7-9-16/h5-11H,4,12-13H2,1-3H3. The number of ether oxygens (including phenoxy) is 3. The van der Waals surface area contributed by atoms with E-state index in [4.69, 9.17) is 14.2 Å². The maximum Gasteiger partial charge on any atom is 0.337 e. The fourth-order valence-corrected chi connectivity index (χ4v) is 5.25. The van der Waals surface area contributed by atoms with E-state index < -0.39 is 33.4 Å². The van der Waals surface area contributed by atoms with Crippen LogP contribution in [0.5, 0.6) is 5.75 Å². The molecule has 0 aliphatic carbocycles. The molecule has 0 aliphatic heterocycles. The first kappa shape index (κ1) is 25.1. The van der Waals surface area contributed by atoms with E-state index in [-0.39, 0.29) is 28.4 Å². The van der Waals surface area contributed by atoms with Gasteiger partial charge in [-0.05, 0) is 49.4 Å². The maximum absolute atomic E-state index is 12.7. The highest BCUT2D eigenvalue weighted by Crippen LogP contribution is 2.21. The van der Waals surface area contributed by atoms with Crippen molar-refractivity contribution >= 4 is 49.2 Å². The Bertz CT molecular complexity index is 1400. The van der Waals surface area contributed by atoms with Crippen LogP contribution >= 0.6 is 11.3 Å². The van der Waals surface area contributed by atoms with Gasteiger partial charge in [0.15, 0.2) is 14.6 Å². The van der Waals surface area contributed by atoms with Crippen molar-refractivity contribution in [1.29, 1.82) is 0 Å². The molecule has 0 atom stereocenters. The van der Waals surface area contributed by atoms with Gasteiger partial charge in [-0.2, -0.15) is 4.99 Å². The first-order valence-corrected chi connectivity index (χ1v) is 12.5. The van der Waals surface area contributed by atoms with Crippen LogP contribution in [-0.2, 0) is 35.4 Å². The second-order valence-corrected chi connectivity index (χ2v) is 9.89. The lowest BCUT2D eigenvalue weighted by Crippen LogP contribution is -2.24. The van der Waals surface area contributed by atoms with Gasteiger partial charge in [-0.1, -0.05) is 11.3 Å². The largest absolute Gasteiger partial charge is 0.497 e. The summed E-state index contributed by atoms with van der Waals surface area (Å²) in [5, 5.41) is 0. The summed E-state index contributed by atoms with van der Waals surface area (Å²) in [6.07, 6.45) is 0. The van der Waals surface area contributed by atoms with E-state index in [9.17, 15) is 22.8 Å². The van der Waals surface area contributed by atoms with Crippen LogP contribution in [0.3, 0.4) is 0 Å². The first-order valence-electron chi connectivity index (χ1n) is 10.00. The molecular formula is C22H22N2O8S2. The third-order valence-electron chi connectivity index (χ3n) is 4.65. The Morgan fingerprint density at radius 1 is 1.06 bits per heavy atom. The van der Waals surface area contributed by atoms with Crippen LogP contribution in [0, 0.1) is 0 Å². The number of hydrogen-bond acceptors (Lipinski definition) is 9. The Morgan fingerprint density at radius 3 is 2.38 bits per heavy atom. The number of nitrogens with zero attached hydrogens (tertiary/aromatic N) is 2. The lowest BCUT2D eigenvalue weighted by molar-refractivity contribution is -0.143.